The first-order chi connectivity index (χ1) is 17.6. The van der Waals surface area contributed by atoms with Crippen LogP contribution in [0.15, 0.2) is 0 Å². The number of hydrogen-bond acceptors (Lipinski definition) is 12. The van der Waals surface area contributed by atoms with Gasteiger partial charge >= 0.3 is 0 Å². The van der Waals surface area contributed by atoms with Gasteiger partial charge in [0.1, 0.15) is 73.2 Å². The van der Waals surface area contributed by atoms with Gasteiger partial charge in [0.05, 0.1) is 39.6 Å². The average Bonchev–Trinajstić information content (AvgIpc) is 3.72. The molecule has 6 fully saturated rings. The molecule has 0 aromatic heterocycles. The Morgan fingerprint density at radius 1 is 0.324 bits per heavy atom. The van der Waals surface area contributed by atoms with Gasteiger partial charge in [0, 0.05) is 42.7 Å². The van der Waals surface area contributed by atoms with Gasteiger partial charge in [0.25, 0.3) is 0 Å². The van der Waals surface area contributed by atoms with Crippen LogP contribution in [0.2, 0.25) is 0 Å². The van der Waals surface area contributed by atoms with E-state index in [-0.39, 0.29) is 80.7 Å². The SMILES string of the molecule is C.CO[C@@H]1CO[C@H]2[C@@H]1OC[C@H]2OC.CO[C@H]1CO[C@H]2[C@@H]1OC[C@@H]2OC.CO[C@H]1CO[C@H]2[C@@H]1OC[C@H]2OC. The first-order valence-corrected chi connectivity index (χ1v) is 12.5. The number of rotatable bonds is 6. The zero-order chi connectivity index (χ0) is 25.7. The van der Waals surface area contributed by atoms with Gasteiger partial charge in [-0.25, -0.2) is 0 Å². The van der Waals surface area contributed by atoms with Gasteiger partial charge in [0.15, 0.2) is 0 Å². The normalized spacial score (nSPS) is 45.2. The van der Waals surface area contributed by atoms with Gasteiger partial charge < -0.3 is 56.8 Å². The number of hydrogen-bond donors (Lipinski definition) is 0. The summed E-state index contributed by atoms with van der Waals surface area (Å²) in [5.74, 6) is 0. The Balaban J connectivity index is 0.000000152. The first-order valence-electron chi connectivity index (χ1n) is 12.5. The molecule has 0 N–H and O–H groups in total. The predicted octanol–water partition coefficient (Wildman–Crippen LogP) is 0.0781. The van der Waals surface area contributed by atoms with E-state index >= 15 is 0 Å². The summed E-state index contributed by atoms with van der Waals surface area (Å²) in [7, 11) is 10.1. The molecule has 12 atom stereocenters. The van der Waals surface area contributed by atoms with Crippen molar-refractivity contribution in [2.45, 2.75) is 80.7 Å². The lowest BCUT2D eigenvalue weighted by atomic mass is 10.1. The largest absolute Gasteiger partial charge is 0.376 e. The lowest BCUT2D eigenvalue weighted by Gasteiger charge is -2.14. The Bertz CT molecular complexity index is 516. The first kappa shape index (κ1) is 31.1. The van der Waals surface area contributed by atoms with E-state index in [2.05, 4.69) is 0 Å². The van der Waals surface area contributed by atoms with Crippen molar-refractivity contribution in [3.63, 3.8) is 0 Å². The minimum Gasteiger partial charge on any atom is -0.376 e. The molecule has 37 heavy (non-hydrogen) atoms. The molecule has 0 aliphatic carbocycles. The fourth-order valence-corrected chi connectivity index (χ4v) is 5.50. The van der Waals surface area contributed by atoms with Crippen LogP contribution in [0, 0.1) is 0 Å². The maximum absolute atomic E-state index is 5.51. The molecule has 0 saturated carbocycles. The van der Waals surface area contributed by atoms with Crippen LogP contribution in [0.1, 0.15) is 7.43 Å². The van der Waals surface area contributed by atoms with Gasteiger partial charge in [0.2, 0.25) is 0 Å². The Hall–Kier alpha value is -0.480. The standard InChI is InChI=1S/3C8H14O4.CH4/c3*1-9-5-3-11-8-6(10-2)4-12-7(5)8;/h3*5-8H,3-4H2,1-2H3;1H4/t5-,6+,7-,8-;5-,6-,7+,8+;5-,6-,7-,8-;/m101./s1. The minimum atomic E-state index is 0. The highest BCUT2D eigenvalue weighted by atomic mass is 16.7. The molecule has 0 aromatic carbocycles. The van der Waals surface area contributed by atoms with Gasteiger partial charge in [-0.05, 0) is 0 Å². The van der Waals surface area contributed by atoms with Crippen LogP contribution in [0.3, 0.4) is 0 Å². The van der Waals surface area contributed by atoms with Crippen LogP contribution in [0.5, 0.6) is 0 Å². The summed E-state index contributed by atoms with van der Waals surface area (Å²) in [6.07, 6.45) is 0.889. The topological polar surface area (TPSA) is 111 Å². The van der Waals surface area contributed by atoms with E-state index in [1.54, 1.807) is 42.7 Å². The Kier molecular flexibility index (Phi) is 12.4. The summed E-state index contributed by atoms with van der Waals surface area (Å²) < 4.78 is 64.3. The molecule has 0 bridgehead atoms. The Morgan fingerprint density at radius 2 is 0.459 bits per heavy atom. The summed E-state index contributed by atoms with van der Waals surface area (Å²) in [5, 5.41) is 0. The van der Waals surface area contributed by atoms with Gasteiger partial charge in [-0.15, -0.1) is 0 Å². The second-order valence-corrected chi connectivity index (χ2v) is 9.43. The predicted molar refractivity (Wildman–Crippen MR) is 130 cm³/mol. The molecule has 6 aliphatic rings. The maximum Gasteiger partial charge on any atom is 0.115 e. The van der Waals surface area contributed by atoms with E-state index in [1.807, 2.05) is 0 Å². The molecule has 6 aliphatic heterocycles. The second-order valence-electron chi connectivity index (χ2n) is 9.43. The number of fused-ring (bicyclic) bond motifs is 3. The highest BCUT2D eigenvalue weighted by Gasteiger charge is 2.49. The molecule has 0 spiro atoms. The summed E-state index contributed by atoms with van der Waals surface area (Å²) in [6, 6.07) is 0. The average molecular weight is 539 g/mol. The highest BCUT2D eigenvalue weighted by molar-refractivity contribution is 4.97. The lowest BCUT2D eigenvalue weighted by molar-refractivity contribution is -0.0267. The molecule has 6 saturated heterocycles. The molecule has 218 valence electrons. The van der Waals surface area contributed by atoms with Gasteiger partial charge in [-0.2, -0.15) is 0 Å². The molecule has 0 amide bonds. The summed E-state index contributed by atoms with van der Waals surface area (Å²) in [6.45, 7) is 3.70. The number of methoxy groups -OCH3 is 6. The fourth-order valence-electron chi connectivity index (χ4n) is 5.50. The second kappa shape index (κ2) is 14.8. The monoisotopic (exact) mass is 538 g/mol. The molecule has 12 nitrogen and oxygen atoms in total. The van der Waals surface area contributed by atoms with Crippen LogP contribution in [-0.4, -0.2) is 156 Å². The van der Waals surface area contributed by atoms with E-state index in [1.165, 1.54) is 0 Å². The minimum absolute atomic E-state index is 0. The summed E-state index contributed by atoms with van der Waals surface area (Å²) >= 11 is 0. The zero-order valence-corrected chi connectivity index (χ0v) is 22.1. The zero-order valence-electron chi connectivity index (χ0n) is 22.1. The van der Waals surface area contributed by atoms with Crippen molar-refractivity contribution in [3.8, 4) is 0 Å². The van der Waals surface area contributed by atoms with Crippen LogP contribution in [0.4, 0.5) is 0 Å². The smallest absolute Gasteiger partial charge is 0.115 e. The van der Waals surface area contributed by atoms with Gasteiger partial charge in [-0.3, -0.25) is 0 Å². The van der Waals surface area contributed by atoms with E-state index in [0.29, 0.717) is 39.6 Å². The van der Waals surface area contributed by atoms with Crippen molar-refractivity contribution < 1.29 is 56.8 Å². The molecule has 0 radical (unpaired) electrons. The van der Waals surface area contributed by atoms with Crippen LogP contribution >= 0.6 is 0 Å². The van der Waals surface area contributed by atoms with Crippen molar-refractivity contribution in [1.82, 2.24) is 0 Å². The molecule has 0 aromatic rings. The molecular formula is C25H46O12. The fraction of sp³-hybridized carbons (Fsp3) is 1.00. The lowest BCUT2D eigenvalue weighted by Crippen LogP contribution is -2.32. The third-order valence-electron chi connectivity index (χ3n) is 7.70. The molecular weight excluding hydrogens is 492 g/mol. The third kappa shape index (κ3) is 6.64. The summed E-state index contributed by atoms with van der Waals surface area (Å²) in [4.78, 5) is 0. The van der Waals surface area contributed by atoms with Crippen molar-refractivity contribution in [1.29, 1.82) is 0 Å². The highest BCUT2D eigenvalue weighted by Crippen LogP contribution is 2.31. The van der Waals surface area contributed by atoms with E-state index in [4.69, 9.17) is 56.8 Å². The molecule has 12 heteroatoms. The summed E-state index contributed by atoms with van der Waals surface area (Å²) in [5.41, 5.74) is 0. The van der Waals surface area contributed by atoms with Crippen molar-refractivity contribution in [2.24, 2.45) is 0 Å². The van der Waals surface area contributed by atoms with Crippen molar-refractivity contribution in [2.75, 3.05) is 82.3 Å². The van der Waals surface area contributed by atoms with Crippen molar-refractivity contribution >= 4 is 0 Å². The molecule has 6 heterocycles. The molecule has 0 unspecified atom stereocenters. The van der Waals surface area contributed by atoms with Crippen molar-refractivity contribution in [3.05, 3.63) is 0 Å². The van der Waals surface area contributed by atoms with Crippen LogP contribution in [-0.2, 0) is 56.8 Å². The van der Waals surface area contributed by atoms with Crippen LogP contribution in [0.25, 0.3) is 0 Å². The van der Waals surface area contributed by atoms with Gasteiger partial charge in [-0.1, -0.05) is 7.43 Å². The Labute approximate surface area is 220 Å². The molecule has 6 rings (SSSR count). The van der Waals surface area contributed by atoms with E-state index in [0.717, 1.165) is 0 Å². The van der Waals surface area contributed by atoms with E-state index < -0.39 is 0 Å². The third-order valence-corrected chi connectivity index (χ3v) is 7.70. The van der Waals surface area contributed by atoms with E-state index in [9.17, 15) is 0 Å². The number of ether oxygens (including phenoxy) is 12. The Morgan fingerprint density at radius 3 is 0.568 bits per heavy atom. The maximum atomic E-state index is 5.51. The van der Waals surface area contributed by atoms with Crippen LogP contribution < -0.4 is 0 Å². The quantitative estimate of drug-likeness (QED) is 0.457.